The quantitative estimate of drug-likeness (QED) is 0.343. The van der Waals surface area contributed by atoms with Crippen molar-refractivity contribution >= 4 is 23.5 Å². The van der Waals surface area contributed by atoms with Gasteiger partial charge in [-0.3, -0.25) is 4.79 Å². The minimum Gasteiger partial charge on any atom is -0.483 e. The largest absolute Gasteiger partial charge is 0.483 e. The van der Waals surface area contributed by atoms with Crippen LogP contribution in [0, 0.1) is 11.8 Å². The van der Waals surface area contributed by atoms with Gasteiger partial charge in [-0.1, -0.05) is 26.0 Å². The predicted molar refractivity (Wildman–Crippen MR) is 103 cm³/mol. The third-order valence-electron chi connectivity index (χ3n) is 3.75. The van der Waals surface area contributed by atoms with Crippen molar-refractivity contribution in [2.75, 3.05) is 12.3 Å². The highest BCUT2D eigenvalue weighted by atomic mass is 16.5. The number of nitroso groups, excluding NO2 is 1. The Balaban J connectivity index is 1.97. The van der Waals surface area contributed by atoms with Gasteiger partial charge in [0.1, 0.15) is 11.4 Å². The molecular weight excluding hydrogens is 332 g/mol. The Morgan fingerprint density at radius 1 is 1.27 bits per heavy atom. The summed E-state index contributed by atoms with van der Waals surface area (Å²) in [5.41, 5.74) is 11.4. The second-order valence-electron chi connectivity index (χ2n) is 6.17. The summed E-state index contributed by atoms with van der Waals surface area (Å²) in [6, 6.07) is 10.5. The molecule has 2 aromatic rings. The van der Waals surface area contributed by atoms with Crippen LogP contribution in [0.1, 0.15) is 36.5 Å². The van der Waals surface area contributed by atoms with E-state index in [0.717, 1.165) is 11.1 Å². The molecule has 1 amide bonds. The molecular formula is C19H22N4O3. The first-order chi connectivity index (χ1) is 12.4. The van der Waals surface area contributed by atoms with Gasteiger partial charge < -0.3 is 10.5 Å². The SMILES string of the molecule is Cc1cc(OCC(=O)N/N=C/c2ccc(N)cc2)c(C(C)C)cc1N=O. The van der Waals surface area contributed by atoms with Gasteiger partial charge in [-0.05, 0) is 59.0 Å². The van der Waals surface area contributed by atoms with Gasteiger partial charge in [0, 0.05) is 5.69 Å². The van der Waals surface area contributed by atoms with E-state index in [9.17, 15) is 9.70 Å². The number of anilines is 1. The van der Waals surface area contributed by atoms with E-state index in [4.69, 9.17) is 10.5 Å². The Hall–Kier alpha value is -3.22. The topological polar surface area (TPSA) is 106 Å². The maximum atomic E-state index is 11.9. The van der Waals surface area contributed by atoms with E-state index < -0.39 is 0 Å². The minimum atomic E-state index is -0.387. The maximum Gasteiger partial charge on any atom is 0.277 e. The molecule has 0 aliphatic heterocycles. The van der Waals surface area contributed by atoms with Gasteiger partial charge >= 0.3 is 0 Å². The highest BCUT2D eigenvalue weighted by Gasteiger charge is 2.13. The van der Waals surface area contributed by atoms with E-state index in [2.05, 4.69) is 15.7 Å². The summed E-state index contributed by atoms with van der Waals surface area (Å²) in [6.45, 7) is 5.53. The molecule has 0 aliphatic carbocycles. The molecule has 136 valence electrons. The number of rotatable bonds is 7. The fraction of sp³-hybridized carbons (Fsp3) is 0.263. The zero-order valence-electron chi connectivity index (χ0n) is 15.0. The van der Waals surface area contributed by atoms with Crippen molar-refractivity contribution in [3.05, 3.63) is 58.0 Å². The fourth-order valence-corrected chi connectivity index (χ4v) is 2.30. The zero-order chi connectivity index (χ0) is 19.1. The molecule has 0 aliphatic rings. The number of hydrogen-bond acceptors (Lipinski definition) is 6. The second-order valence-corrected chi connectivity index (χ2v) is 6.17. The first kappa shape index (κ1) is 19.1. The highest BCUT2D eigenvalue weighted by Crippen LogP contribution is 2.33. The summed E-state index contributed by atoms with van der Waals surface area (Å²) >= 11 is 0. The average Bonchev–Trinajstić information content (AvgIpc) is 2.61. The summed E-state index contributed by atoms with van der Waals surface area (Å²) in [4.78, 5) is 22.8. The molecule has 0 atom stereocenters. The number of nitrogens with two attached hydrogens (primary N) is 1. The van der Waals surface area contributed by atoms with Crippen molar-refractivity contribution in [3.8, 4) is 5.75 Å². The van der Waals surface area contributed by atoms with Crippen molar-refractivity contribution in [1.82, 2.24) is 5.43 Å². The Morgan fingerprint density at radius 3 is 2.58 bits per heavy atom. The van der Waals surface area contributed by atoms with Crippen LogP contribution in [-0.2, 0) is 4.79 Å². The lowest BCUT2D eigenvalue weighted by Crippen LogP contribution is -2.25. The number of ether oxygens (including phenoxy) is 1. The number of carbonyl (C=O) groups is 1. The highest BCUT2D eigenvalue weighted by molar-refractivity contribution is 5.83. The molecule has 0 heterocycles. The Morgan fingerprint density at radius 2 is 1.96 bits per heavy atom. The van der Waals surface area contributed by atoms with E-state index in [1.165, 1.54) is 6.21 Å². The van der Waals surface area contributed by atoms with Crippen LogP contribution in [0.3, 0.4) is 0 Å². The molecule has 0 unspecified atom stereocenters. The number of nitrogens with one attached hydrogen (secondary N) is 1. The molecule has 26 heavy (non-hydrogen) atoms. The van der Waals surface area contributed by atoms with Crippen LogP contribution in [0.5, 0.6) is 5.75 Å². The monoisotopic (exact) mass is 354 g/mol. The van der Waals surface area contributed by atoms with E-state index in [-0.39, 0.29) is 18.4 Å². The molecule has 0 spiro atoms. The smallest absolute Gasteiger partial charge is 0.277 e. The molecule has 7 nitrogen and oxygen atoms in total. The Labute approximate surface area is 152 Å². The van der Waals surface area contributed by atoms with Gasteiger partial charge in [-0.25, -0.2) is 5.43 Å². The molecule has 0 fully saturated rings. The van der Waals surface area contributed by atoms with Crippen molar-refractivity contribution in [3.63, 3.8) is 0 Å². The zero-order valence-corrected chi connectivity index (χ0v) is 15.0. The first-order valence-electron chi connectivity index (χ1n) is 8.19. The molecule has 2 rings (SSSR count). The van der Waals surface area contributed by atoms with Crippen LogP contribution in [0.4, 0.5) is 11.4 Å². The van der Waals surface area contributed by atoms with Crippen molar-refractivity contribution < 1.29 is 9.53 Å². The number of carbonyl (C=O) groups excluding carboxylic acids is 1. The molecule has 0 radical (unpaired) electrons. The van der Waals surface area contributed by atoms with E-state index in [1.807, 2.05) is 13.8 Å². The number of amides is 1. The average molecular weight is 354 g/mol. The first-order valence-corrected chi connectivity index (χ1v) is 8.19. The summed E-state index contributed by atoms with van der Waals surface area (Å²) in [7, 11) is 0. The molecule has 0 saturated carbocycles. The number of hydrazone groups is 1. The van der Waals surface area contributed by atoms with Crippen molar-refractivity contribution in [1.29, 1.82) is 0 Å². The molecule has 7 heteroatoms. The molecule has 2 aromatic carbocycles. The minimum absolute atomic E-state index is 0.123. The number of aryl methyl sites for hydroxylation is 1. The van der Waals surface area contributed by atoms with Crippen LogP contribution in [0.25, 0.3) is 0 Å². The number of nitrogens with zero attached hydrogens (tertiary/aromatic N) is 2. The van der Waals surface area contributed by atoms with Crippen LogP contribution in [0.2, 0.25) is 0 Å². The second kappa shape index (κ2) is 8.75. The predicted octanol–water partition coefficient (Wildman–Crippen LogP) is 3.63. The lowest BCUT2D eigenvalue weighted by Gasteiger charge is -2.15. The van der Waals surface area contributed by atoms with Crippen molar-refractivity contribution in [2.24, 2.45) is 10.3 Å². The van der Waals surface area contributed by atoms with Gasteiger partial charge in [0.05, 0.1) is 6.21 Å². The van der Waals surface area contributed by atoms with Crippen LogP contribution in [-0.4, -0.2) is 18.7 Å². The number of hydrogen-bond donors (Lipinski definition) is 2. The van der Waals surface area contributed by atoms with E-state index in [0.29, 0.717) is 22.7 Å². The lowest BCUT2D eigenvalue weighted by atomic mass is 9.99. The maximum absolute atomic E-state index is 11.9. The summed E-state index contributed by atoms with van der Waals surface area (Å²) in [5.74, 6) is 0.293. The van der Waals surface area contributed by atoms with Gasteiger partial charge in [0.15, 0.2) is 6.61 Å². The number of benzene rings is 2. The molecule has 3 N–H and O–H groups in total. The Bertz CT molecular complexity index is 814. The third kappa shape index (κ3) is 5.14. The fourth-order valence-electron chi connectivity index (χ4n) is 2.30. The van der Waals surface area contributed by atoms with Gasteiger partial charge in [0.25, 0.3) is 5.91 Å². The summed E-state index contributed by atoms with van der Waals surface area (Å²) < 4.78 is 5.61. The summed E-state index contributed by atoms with van der Waals surface area (Å²) in [5, 5.41) is 6.90. The number of nitrogen functional groups attached to an aromatic ring is 1. The summed E-state index contributed by atoms with van der Waals surface area (Å²) in [6.07, 6.45) is 1.52. The van der Waals surface area contributed by atoms with Gasteiger partial charge in [-0.15, -0.1) is 4.91 Å². The van der Waals surface area contributed by atoms with Crippen LogP contribution in [0.15, 0.2) is 46.7 Å². The Kier molecular flexibility index (Phi) is 6.43. The molecule has 0 aromatic heterocycles. The van der Waals surface area contributed by atoms with Gasteiger partial charge in [-0.2, -0.15) is 5.10 Å². The van der Waals surface area contributed by atoms with Crippen LogP contribution >= 0.6 is 0 Å². The normalized spacial score (nSPS) is 10.9. The van der Waals surface area contributed by atoms with Crippen LogP contribution < -0.4 is 15.9 Å². The molecule has 0 bridgehead atoms. The van der Waals surface area contributed by atoms with E-state index in [1.54, 1.807) is 43.3 Å². The van der Waals surface area contributed by atoms with Crippen molar-refractivity contribution in [2.45, 2.75) is 26.7 Å². The lowest BCUT2D eigenvalue weighted by molar-refractivity contribution is -0.123. The molecule has 0 saturated heterocycles. The third-order valence-corrected chi connectivity index (χ3v) is 3.75. The van der Waals surface area contributed by atoms with Gasteiger partial charge in [0.2, 0.25) is 0 Å². The van der Waals surface area contributed by atoms with E-state index >= 15 is 0 Å². The standard InChI is InChI=1S/C19H22N4O3/c1-12(2)16-9-17(23-25)13(3)8-18(16)26-11-19(24)22-21-10-14-4-6-15(20)7-5-14/h4-10,12H,11,20H2,1-3H3,(H,22,24)/b21-10+.